The number of benzene rings is 1. The zero-order valence-electron chi connectivity index (χ0n) is 33.9. The number of esters is 1. The van der Waals surface area contributed by atoms with Crippen molar-refractivity contribution < 1.29 is 38.4 Å². The average molecular weight is 741 g/mol. The first kappa shape index (κ1) is 42.1. The van der Waals surface area contributed by atoms with Gasteiger partial charge in [0.05, 0.1) is 37.8 Å². The van der Waals surface area contributed by atoms with Crippen molar-refractivity contribution >= 4 is 23.6 Å². The number of fused-ring (bicyclic) bond motifs is 3. The molecule has 0 amide bonds. The Morgan fingerprint density at radius 2 is 1.63 bits per heavy atom. The zero-order chi connectivity index (χ0) is 40.5. The molecule has 0 saturated heterocycles. The van der Waals surface area contributed by atoms with Gasteiger partial charge in [-0.1, -0.05) is 57.1 Å². The van der Waals surface area contributed by atoms with Gasteiger partial charge in [-0.2, -0.15) is 10.5 Å². The van der Waals surface area contributed by atoms with E-state index in [1.54, 1.807) is 6.92 Å². The molecule has 4 rings (SSSR count). The lowest BCUT2D eigenvalue weighted by molar-refractivity contribution is -0.225. The molecule has 2 heterocycles. The Kier molecular flexibility index (Phi) is 12.4. The molecule has 10 nitrogen and oxygen atoms in total. The first-order chi connectivity index (χ1) is 25.3. The van der Waals surface area contributed by atoms with Gasteiger partial charge in [-0.25, -0.2) is 4.79 Å². The van der Waals surface area contributed by atoms with Gasteiger partial charge in [0.1, 0.15) is 34.3 Å². The summed E-state index contributed by atoms with van der Waals surface area (Å²) in [5.41, 5.74) is -1.58. The second kappa shape index (κ2) is 16.0. The first-order valence-electron chi connectivity index (χ1n) is 18.8. The number of rotatable bonds is 12. The van der Waals surface area contributed by atoms with Crippen LogP contribution >= 0.6 is 0 Å². The second-order valence-corrected chi connectivity index (χ2v) is 16.2. The third kappa shape index (κ3) is 7.02. The van der Waals surface area contributed by atoms with Crippen LogP contribution in [-0.4, -0.2) is 53.7 Å². The zero-order valence-corrected chi connectivity index (χ0v) is 33.9. The van der Waals surface area contributed by atoms with Crippen LogP contribution in [0.15, 0.2) is 41.0 Å². The van der Waals surface area contributed by atoms with E-state index in [4.69, 9.17) is 18.9 Å². The maximum absolute atomic E-state index is 15.7. The molecule has 3 aliphatic rings. The SMILES string of the molecule is COC(=O)/C(C)=C\CC1(O)C(=O)C(C)C(C(C#N)C#N)C2C(=O)c3c(OC)c4c(c(CC=C(C)C)c3OC21C(C)C(C)C)OC(C)(CCC=C(C)C)C=C4. The summed E-state index contributed by atoms with van der Waals surface area (Å²) in [5.74, 6) is -7.01. The summed E-state index contributed by atoms with van der Waals surface area (Å²) in [6.07, 6.45) is 10.8. The van der Waals surface area contributed by atoms with Crippen LogP contribution in [0, 0.1) is 58.2 Å². The Labute approximate surface area is 320 Å². The summed E-state index contributed by atoms with van der Waals surface area (Å²) in [7, 11) is 2.70. The van der Waals surface area contributed by atoms with Gasteiger partial charge in [0, 0.05) is 35.3 Å². The molecule has 1 saturated carbocycles. The molecule has 7 atom stereocenters. The molecule has 0 radical (unpaired) electrons. The average Bonchev–Trinajstić information content (AvgIpc) is 3.12. The maximum Gasteiger partial charge on any atom is 0.333 e. The summed E-state index contributed by atoms with van der Waals surface area (Å²) in [5, 5.41) is 33.8. The number of hydrogen-bond acceptors (Lipinski definition) is 10. The fourth-order valence-corrected chi connectivity index (χ4v) is 8.53. The molecule has 0 aromatic heterocycles. The lowest BCUT2D eigenvalue weighted by Crippen LogP contribution is -2.78. The number of carbonyl (C=O) groups is 3. The normalized spacial score (nSPS) is 27.6. The van der Waals surface area contributed by atoms with Gasteiger partial charge in [-0.3, -0.25) is 9.59 Å². The van der Waals surface area contributed by atoms with Crippen molar-refractivity contribution in [1.82, 2.24) is 0 Å². The number of nitrogens with zero attached hydrogens (tertiary/aromatic N) is 2. The van der Waals surface area contributed by atoms with Crippen molar-refractivity contribution in [3.63, 3.8) is 0 Å². The Bertz CT molecular complexity index is 1880. The fraction of sp³-hybridized carbons (Fsp3) is 0.568. The van der Waals surface area contributed by atoms with Crippen molar-refractivity contribution in [2.75, 3.05) is 14.2 Å². The number of ether oxygens (including phenoxy) is 4. The lowest BCUT2D eigenvalue weighted by Gasteiger charge is -2.61. The van der Waals surface area contributed by atoms with E-state index in [0.29, 0.717) is 23.3 Å². The molecule has 1 fully saturated rings. The summed E-state index contributed by atoms with van der Waals surface area (Å²) in [4.78, 5) is 43.1. The predicted octanol–water partition coefficient (Wildman–Crippen LogP) is 8.08. The number of methoxy groups -OCH3 is 2. The van der Waals surface area contributed by atoms with Gasteiger partial charge in [-0.05, 0) is 78.9 Å². The molecule has 1 aromatic rings. The lowest BCUT2D eigenvalue weighted by atomic mass is 9.47. The van der Waals surface area contributed by atoms with Crippen LogP contribution in [0.5, 0.6) is 17.2 Å². The number of carbonyl (C=O) groups excluding carboxylic acids is 3. The molecule has 0 bridgehead atoms. The highest BCUT2D eigenvalue weighted by Crippen LogP contribution is 2.62. The van der Waals surface area contributed by atoms with Crippen molar-refractivity contribution in [2.45, 2.75) is 112 Å². The van der Waals surface area contributed by atoms with Crippen LogP contribution < -0.4 is 14.2 Å². The third-order valence-electron chi connectivity index (χ3n) is 11.8. The van der Waals surface area contributed by atoms with Crippen LogP contribution in [0.1, 0.15) is 110 Å². The molecule has 10 heteroatoms. The molecule has 1 N–H and O–H groups in total. The smallest absolute Gasteiger partial charge is 0.333 e. The number of ketones is 2. The largest absolute Gasteiger partial charge is 0.495 e. The van der Waals surface area contributed by atoms with Gasteiger partial charge in [-0.15, -0.1) is 0 Å². The van der Waals surface area contributed by atoms with Gasteiger partial charge < -0.3 is 24.1 Å². The summed E-state index contributed by atoms with van der Waals surface area (Å²) < 4.78 is 25.2. The maximum atomic E-state index is 15.7. The van der Waals surface area contributed by atoms with Crippen LogP contribution in [0.25, 0.3) is 6.08 Å². The highest BCUT2D eigenvalue weighted by Gasteiger charge is 2.74. The van der Waals surface area contributed by atoms with Crippen LogP contribution in [0.4, 0.5) is 0 Å². The van der Waals surface area contributed by atoms with E-state index in [-0.39, 0.29) is 35.0 Å². The number of Topliss-reactive ketones (excluding diaryl/α,β-unsaturated/α-hetero) is 2. The summed E-state index contributed by atoms with van der Waals surface area (Å²) in [6, 6.07) is 4.08. The summed E-state index contributed by atoms with van der Waals surface area (Å²) in [6.45, 7) is 18.7. The van der Waals surface area contributed by atoms with Crippen molar-refractivity contribution in [1.29, 1.82) is 10.5 Å². The van der Waals surface area contributed by atoms with Crippen molar-refractivity contribution in [3.8, 4) is 29.4 Å². The standard InChI is InChI=1S/C44H56N2O8/c1-24(2)14-13-19-42(10)20-18-32-37(53-42)31(16-15-25(3)4)39-34(38(32)51-11)36(47)35-33(30(22-45)23-46)28(8)40(48)43(50,21-17-27(7)41(49)52-12)44(35,54-39)29(9)26(5)6/h14-15,17-18,20,26,28-30,33,35,50H,13,16,19,21H2,1-12H3/b27-17-. The summed E-state index contributed by atoms with van der Waals surface area (Å²) >= 11 is 0. The van der Waals surface area contributed by atoms with E-state index < -0.39 is 70.3 Å². The second-order valence-electron chi connectivity index (χ2n) is 16.2. The van der Waals surface area contributed by atoms with Gasteiger partial charge >= 0.3 is 5.97 Å². The van der Waals surface area contributed by atoms with Gasteiger partial charge in [0.15, 0.2) is 22.8 Å². The Morgan fingerprint density at radius 3 is 2.17 bits per heavy atom. The number of aliphatic hydroxyl groups is 1. The molecule has 1 aromatic carbocycles. The first-order valence-corrected chi connectivity index (χ1v) is 18.8. The molecular weight excluding hydrogens is 684 g/mol. The highest BCUT2D eigenvalue weighted by molar-refractivity contribution is 6.09. The third-order valence-corrected chi connectivity index (χ3v) is 11.8. The molecule has 7 unspecified atom stereocenters. The van der Waals surface area contributed by atoms with Gasteiger partial charge in [0.2, 0.25) is 0 Å². The molecule has 0 spiro atoms. The fourth-order valence-electron chi connectivity index (χ4n) is 8.53. The predicted molar refractivity (Wildman–Crippen MR) is 206 cm³/mol. The monoisotopic (exact) mass is 740 g/mol. The van der Waals surface area contributed by atoms with E-state index in [2.05, 4.69) is 6.08 Å². The van der Waals surface area contributed by atoms with Crippen LogP contribution in [0.2, 0.25) is 0 Å². The minimum Gasteiger partial charge on any atom is -0.495 e. The molecular formula is C44H56N2O8. The number of hydrogen-bond donors (Lipinski definition) is 1. The van der Waals surface area contributed by atoms with Crippen molar-refractivity contribution in [3.05, 3.63) is 57.7 Å². The van der Waals surface area contributed by atoms with Gasteiger partial charge in [0.25, 0.3) is 0 Å². The molecule has 290 valence electrons. The van der Waals surface area contributed by atoms with E-state index >= 15 is 4.79 Å². The molecule has 2 aliphatic heterocycles. The Morgan fingerprint density at radius 1 is 1.00 bits per heavy atom. The Balaban J connectivity index is 2.20. The number of nitriles is 2. The molecule has 54 heavy (non-hydrogen) atoms. The number of allylic oxidation sites excluding steroid dienone is 4. The highest BCUT2D eigenvalue weighted by atomic mass is 16.5. The minimum absolute atomic E-state index is 0.108. The topological polar surface area (TPSA) is 156 Å². The van der Waals surface area contributed by atoms with E-state index in [0.717, 1.165) is 12.0 Å². The molecule has 1 aliphatic carbocycles. The van der Waals surface area contributed by atoms with E-state index in [1.807, 2.05) is 85.8 Å². The van der Waals surface area contributed by atoms with Crippen LogP contribution in [0.3, 0.4) is 0 Å². The van der Waals surface area contributed by atoms with Crippen LogP contribution in [-0.2, 0) is 20.7 Å². The quantitative estimate of drug-likeness (QED) is 0.126. The Hall–Kier alpha value is -4.67. The van der Waals surface area contributed by atoms with E-state index in [1.165, 1.54) is 32.8 Å². The van der Waals surface area contributed by atoms with E-state index in [9.17, 15) is 25.2 Å². The van der Waals surface area contributed by atoms with Crippen molar-refractivity contribution in [2.24, 2.45) is 35.5 Å². The minimum atomic E-state index is -2.40.